The number of pyridine rings is 1. The highest BCUT2D eigenvalue weighted by atomic mass is 32.2. The number of rotatable bonds is 7. The Bertz CT molecular complexity index is 3180. The Morgan fingerprint density at radius 1 is 0.636 bits per heavy atom. The van der Waals surface area contributed by atoms with Crippen LogP contribution in [0.15, 0.2) is 84.1 Å². The molecule has 12 rings (SSSR count). The van der Waals surface area contributed by atoms with Crippen molar-refractivity contribution in [3.05, 3.63) is 118 Å². The van der Waals surface area contributed by atoms with Gasteiger partial charge in [0.2, 0.25) is 0 Å². The number of fused-ring (bicyclic) bond motifs is 4. The third-order valence-electron chi connectivity index (χ3n) is 16.4. The van der Waals surface area contributed by atoms with Crippen molar-refractivity contribution in [3.63, 3.8) is 0 Å². The Balaban J connectivity index is 0.000000169. The molecule has 1 atom stereocenters. The quantitative estimate of drug-likeness (QED) is 0.148. The SMILES string of the molecule is CC.Cc1cc(N2CCC(F)(F)C2)cc2c(N3CCc4ccc(C(=O)N5CCC(N)CC5)cc4C3)ccnc12.Cc1cc(N2CCC(F)(F)C2)cc2c(N3CCc4ccc(S(=O)N5CCC(C)(N)CC5)cc4C3)ncnc12. The standard InChI is InChI=1S/C29H33F2N5O.C28H34F2N6OS.C2H6/c1-19-14-24(36-13-8-29(30,31)18-36)16-25-26(4-9-33-27(19)25)35-10-5-20-2-3-21(15-22(20)17-35)28(37)34-11-6-23(32)7-12-34;1-19-13-22(35-10-8-28(29,30)17-35)15-24-25(19)32-18-33-26(24)34-9-5-20-3-4-23(14-21(20)16-34)38(37)36-11-6-27(2,31)7-12-36;1-2/h2-4,9,14-16,23H,5-8,10-13,17-18,32H2,1H3;3-4,13-15,18H,5-12,16-17,31H2,1-2H3;1-2H3. The summed E-state index contributed by atoms with van der Waals surface area (Å²) in [5.74, 6) is -4.43. The van der Waals surface area contributed by atoms with Gasteiger partial charge in [0, 0.05) is 129 Å². The van der Waals surface area contributed by atoms with Gasteiger partial charge in [-0.15, -0.1) is 0 Å². The van der Waals surface area contributed by atoms with Gasteiger partial charge in [-0.05, 0) is 147 Å². The van der Waals surface area contributed by atoms with Gasteiger partial charge in [0.25, 0.3) is 17.8 Å². The maximum Gasteiger partial charge on any atom is 0.266 e. The zero-order valence-corrected chi connectivity index (χ0v) is 46.0. The number of amides is 1. The first-order valence-corrected chi connectivity index (χ1v) is 28.6. The van der Waals surface area contributed by atoms with Gasteiger partial charge in [-0.25, -0.2) is 36.0 Å². The van der Waals surface area contributed by atoms with Crippen LogP contribution < -0.4 is 31.1 Å². The van der Waals surface area contributed by atoms with Crippen molar-refractivity contribution in [2.45, 2.75) is 127 Å². The summed E-state index contributed by atoms with van der Waals surface area (Å²) >= 11 is 0. The number of alkyl halides is 4. The summed E-state index contributed by atoms with van der Waals surface area (Å²) in [6.07, 6.45) is 8.23. The van der Waals surface area contributed by atoms with Crippen LogP contribution in [0.3, 0.4) is 0 Å². The largest absolute Gasteiger partial charge is 0.366 e. The maximum atomic E-state index is 13.9. The van der Waals surface area contributed by atoms with E-state index in [0.29, 0.717) is 39.3 Å². The fourth-order valence-electron chi connectivity index (χ4n) is 11.8. The van der Waals surface area contributed by atoms with Gasteiger partial charge >= 0.3 is 0 Å². The van der Waals surface area contributed by atoms with E-state index in [-0.39, 0.29) is 43.4 Å². The van der Waals surface area contributed by atoms with Crippen molar-refractivity contribution >= 4 is 61.6 Å². The van der Waals surface area contributed by atoms with Crippen molar-refractivity contribution in [3.8, 4) is 0 Å². The molecule has 1 unspecified atom stereocenters. The molecule has 6 aliphatic heterocycles. The summed E-state index contributed by atoms with van der Waals surface area (Å²) in [5, 5.41) is 1.85. The molecule has 77 heavy (non-hydrogen) atoms. The number of hydrogen-bond acceptors (Lipinski definition) is 11. The number of carbonyl (C=O) groups excluding carboxylic acids is 1. The van der Waals surface area contributed by atoms with Crippen LogP contribution in [-0.4, -0.2) is 123 Å². The van der Waals surface area contributed by atoms with Crippen LogP contribution in [0, 0.1) is 13.8 Å². The molecule has 4 N–H and O–H groups in total. The average molecular weight is 1080 g/mol. The molecular formula is C59H73F4N11O2S. The fourth-order valence-corrected chi connectivity index (χ4v) is 13.1. The minimum Gasteiger partial charge on any atom is -0.366 e. The van der Waals surface area contributed by atoms with Crippen LogP contribution in [-0.2, 0) is 36.9 Å². The Hall–Kier alpha value is -5.95. The molecule has 0 saturated carbocycles. The number of anilines is 4. The molecule has 8 heterocycles. The zero-order chi connectivity index (χ0) is 54.4. The van der Waals surface area contributed by atoms with Crippen LogP contribution in [0.2, 0.25) is 0 Å². The van der Waals surface area contributed by atoms with Crippen LogP contribution in [0.25, 0.3) is 21.8 Å². The number of nitrogens with zero attached hydrogens (tertiary/aromatic N) is 9. The zero-order valence-electron chi connectivity index (χ0n) is 45.1. The monoisotopic (exact) mass is 1080 g/mol. The first-order valence-electron chi connectivity index (χ1n) is 27.5. The van der Waals surface area contributed by atoms with E-state index in [0.717, 1.165) is 142 Å². The lowest BCUT2D eigenvalue weighted by Crippen LogP contribution is -2.48. The predicted molar refractivity (Wildman–Crippen MR) is 301 cm³/mol. The van der Waals surface area contributed by atoms with E-state index in [1.165, 1.54) is 11.1 Å². The Kier molecular flexibility index (Phi) is 15.6. The Morgan fingerprint density at radius 2 is 1.21 bits per heavy atom. The second-order valence-corrected chi connectivity index (χ2v) is 23.6. The first-order chi connectivity index (χ1) is 36.9. The smallest absolute Gasteiger partial charge is 0.266 e. The maximum absolute atomic E-state index is 13.9. The Labute approximate surface area is 452 Å². The minimum atomic E-state index is -2.66. The summed E-state index contributed by atoms with van der Waals surface area (Å²) in [5.41, 5.74) is 24.0. The topological polar surface area (TPSA) is 144 Å². The highest BCUT2D eigenvalue weighted by Gasteiger charge is 2.40. The first kappa shape index (κ1) is 54.4. The van der Waals surface area contributed by atoms with Gasteiger partial charge in [0.15, 0.2) is 0 Å². The number of hydrogen-bond donors (Lipinski definition) is 2. The summed E-state index contributed by atoms with van der Waals surface area (Å²) in [7, 11) is -1.23. The van der Waals surface area contributed by atoms with Crippen molar-refractivity contribution in [1.82, 2.24) is 24.2 Å². The summed E-state index contributed by atoms with van der Waals surface area (Å²) in [6.45, 7) is 16.0. The molecule has 6 aromatic rings. The molecule has 6 aliphatic rings. The molecule has 18 heteroatoms. The highest BCUT2D eigenvalue weighted by Crippen LogP contribution is 2.40. The van der Waals surface area contributed by atoms with E-state index < -0.39 is 22.8 Å². The van der Waals surface area contributed by atoms with Crippen LogP contribution in [0.4, 0.5) is 40.4 Å². The number of piperidine rings is 2. The molecule has 4 saturated heterocycles. The van der Waals surface area contributed by atoms with Crippen LogP contribution in [0.1, 0.15) is 103 Å². The lowest BCUT2D eigenvalue weighted by molar-refractivity contribution is 0.0250. The van der Waals surface area contributed by atoms with Gasteiger partial charge in [-0.2, -0.15) is 0 Å². The minimum absolute atomic E-state index is 0.0730. The van der Waals surface area contributed by atoms with E-state index in [2.05, 4.69) is 49.9 Å². The second kappa shape index (κ2) is 22.1. The lowest BCUT2D eigenvalue weighted by atomic mass is 9.92. The lowest BCUT2D eigenvalue weighted by Gasteiger charge is -2.36. The van der Waals surface area contributed by atoms with E-state index in [1.54, 1.807) is 16.1 Å². The number of aromatic nitrogens is 3. The molecule has 0 aliphatic carbocycles. The number of halogens is 4. The third-order valence-corrected chi connectivity index (χ3v) is 17.9. The molecule has 4 fully saturated rings. The molecule has 4 aromatic carbocycles. The van der Waals surface area contributed by atoms with Crippen LogP contribution >= 0.6 is 0 Å². The molecular weight excluding hydrogens is 1000 g/mol. The molecule has 0 radical (unpaired) electrons. The van der Waals surface area contributed by atoms with Gasteiger partial charge in [0.05, 0.1) is 29.0 Å². The molecule has 0 spiro atoms. The van der Waals surface area contributed by atoms with Crippen LogP contribution in [0.5, 0.6) is 0 Å². The average Bonchev–Trinajstić information content (AvgIpc) is 4.01. The van der Waals surface area contributed by atoms with E-state index >= 15 is 0 Å². The molecule has 410 valence electrons. The van der Waals surface area contributed by atoms with Gasteiger partial charge in [-0.1, -0.05) is 26.0 Å². The Morgan fingerprint density at radius 3 is 1.83 bits per heavy atom. The molecule has 1 amide bonds. The van der Waals surface area contributed by atoms with Crippen molar-refractivity contribution in [1.29, 1.82) is 0 Å². The van der Waals surface area contributed by atoms with Crippen molar-refractivity contribution in [2.24, 2.45) is 11.5 Å². The van der Waals surface area contributed by atoms with E-state index in [4.69, 9.17) is 11.5 Å². The van der Waals surface area contributed by atoms with Gasteiger partial charge in [0.1, 0.15) is 23.1 Å². The number of nitrogens with two attached hydrogens (primary N) is 2. The molecule has 2 aromatic heterocycles. The third kappa shape index (κ3) is 11.8. The van der Waals surface area contributed by atoms with Crippen molar-refractivity contribution < 1.29 is 26.6 Å². The number of aryl methyl sites for hydroxylation is 2. The number of likely N-dealkylation sites (tertiary alicyclic amines) is 1. The molecule has 0 bridgehead atoms. The molecule has 13 nitrogen and oxygen atoms in total. The van der Waals surface area contributed by atoms with Gasteiger partial charge < -0.3 is 36.0 Å². The number of benzene rings is 4. The fraction of sp³-hybridized carbons (Fsp3) is 0.492. The van der Waals surface area contributed by atoms with Gasteiger partial charge in [-0.3, -0.25) is 9.78 Å². The summed E-state index contributed by atoms with van der Waals surface area (Å²) in [4.78, 5) is 37.8. The highest BCUT2D eigenvalue weighted by molar-refractivity contribution is 7.82. The summed E-state index contributed by atoms with van der Waals surface area (Å²) < 4.78 is 71.1. The van der Waals surface area contributed by atoms with E-state index in [1.807, 2.05) is 91.6 Å². The van der Waals surface area contributed by atoms with E-state index in [9.17, 15) is 26.6 Å². The summed E-state index contributed by atoms with van der Waals surface area (Å²) in [6, 6.07) is 22.3. The second-order valence-electron chi connectivity index (χ2n) is 22.1. The predicted octanol–water partition coefficient (Wildman–Crippen LogP) is 9.72. The normalized spacial score (nSPS) is 20.5. The number of carbonyl (C=O) groups is 1. The van der Waals surface area contributed by atoms with Crippen molar-refractivity contribution in [2.75, 3.05) is 85.0 Å².